The van der Waals surface area contributed by atoms with Crippen molar-refractivity contribution in [3.05, 3.63) is 76.6 Å². The molecule has 0 spiro atoms. The fourth-order valence-electron chi connectivity index (χ4n) is 3.02. The fraction of sp³-hybridized carbons (Fsp3) is 0.0500. The molecule has 0 N–H and O–H groups in total. The number of aryl methyl sites for hydroxylation is 1. The third kappa shape index (κ3) is 2.18. The van der Waals surface area contributed by atoms with Crippen LogP contribution in [0.2, 0.25) is 0 Å². The predicted molar refractivity (Wildman–Crippen MR) is 101 cm³/mol. The van der Waals surface area contributed by atoms with E-state index < -0.39 is 0 Å². The van der Waals surface area contributed by atoms with E-state index in [9.17, 15) is 0 Å². The van der Waals surface area contributed by atoms with Gasteiger partial charge in [0.05, 0.1) is 0 Å². The van der Waals surface area contributed by atoms with Gasteiger partial charge in [0, 0.05) is 34.7 Å². The van der Waals surface area contributed by atoms with Crippen LogP contribution in [0, 0.1) is 3.70 Å². The molecule has 0 fully saturated rings. The highest BCUT2D eigenvalue weighted by Gasteiger charge is 2.12. The molecule has 0 aliphatic heterocycles. The van der Waals surface area contributed by atoms with Crippen LogP contribution in [0.4, 0.5) is 0 Å². The van der Waals surface area contributed by atoms with Gasteiger partial charge in [0.1, 0.15) is 7.05 Å². The van der Waals surface area contributed by atoms with Crippen LogP contribution in [0.5, 0.6) is 0 Å². The quantitative estimate of drug-likeness (QED) is 0.183. The first-order valence-electron chi connectivity index (χ1n) is 7.30. The smallest absolute Gasteiger partial charge is 0.196 e. The summed E-state index contributed by atoms with van der Waals surface area (Å²) in [5.74, 6) is 0. The highest BCUT2D eigenvalue weighted by Crippen LogP contribution is 2.36. The van der Waals surface area contributed by atoms with Crippen LogP contribution in [0.3, 0.4) is 0 Å². The molecule has 3 aromatic carbocycles. The maximum absolute atomic E-state index is 2.39. The minimum absolute atomic E-state index is 1.23. The van der Waals surface area contributed by atoms with Crippen molar-refractivity contribution in [1.82, 2.24) is 0 Å². The van der Waals surface area contributed by atoms with E-state index in [1.165, 1.54) is 36.4 Å². The van der Waals surface area contributed by atoms with Gasteiger partial charge in [-0.05, 0) is 38.7 Å². The lowest BCUT2D eigenvalue weighted by Crippen LogP contribution is -2.31. The van der Waals surface area contributed by atoms with Gasteiger partial charge in [0.15, 0.2) is 6.20 Å². The number of hydrogen-bond donors (Lipinski definition) is 0. The van der Waals surface area contributed by atoms with E-state index in [1.807, 2.05) is 0 Å². The van der Waals surface area contributed by atoms with Gasteiger partial charge in [0.25, 0.3) is 0 Å². The van der Waals surface area contributed by atoms with Crippen LogP contribution in [0.25, 0.3) is 32.7 Å². The Bertz CT molecular complexity index is 951. The van der Waals surface area contributed by atoms with Gasteiger partial charge in [-0.15, -0.1) is 0 Å². The zero-order valence-corrected chi connectivity index (χ0v) is 14.4. The van der Waals surface area contributed by atoms with Crippen LogP contribution < -0.4 is 4.57 Å². The fourth-order valence-corrected chi connectivity index (χ4v) is 3.52. The average molecular weight is 396 g/mol. The number of halogens is 1. The Kier molecular flexibility index (Phi) is 3.34. The summed E-state index contributed by atoms with van der Waals surface area (Å²) in [6.45, 7) is 0. The Morgan fingerprint density at radius 1 is 0.773 bits per heavy atom. The average Bonchev–Trinajstić information content (AvgIpc) is 2.55. The third-order valence-electron chi connectivity index (χ3n) is 4.15. The summed E-state index contributed by atoms with van der Waals surface area (Å²) in [5, 5.41) is 5.20. The molecule has 0 saturated heterocycles. The Hall–Kier alpha value is -1.94. The molecule has 0 amide bonds. The van der Waals surface area contributed by atoms with Crippen molar-refractivity contribution in [3.63, 3.8) is 0 Å². The van der Waals surface area contributed by atoms with Crippen molar-refractivity contribution in [2.45, 2.75) is 0 Å². The van der Waals surface area contributed by atoms with Crippen LogP contribution in [-0.4, -0.2) is 0 Å². The van der Waals surface area contributed by atoms with Crippen LogP contribution in [0.15, 0.2) is 72.9 Å². The van der Waals surface area contributed by atoms with Gasteiger partial charge in [-0.3, -0.25) is 0 Å². The van der Waals surface area contributed by atoms with Gasteiger partial charge in [-0.1, -0.05) is 48.5 Å². The van der Waals surface area contributed by atoms with E-state index in [4.69, 9.17) is 0 Å². The number of pyridine rings is 1. The molecule has 0 bridgehead atoms. The SMILES string of the molecule is C[n+]1ccc(-c2c3ccccc3cc3ccccc23)cc1I. The second kappa shape index (κ2) is 5.36. The normalized spacial score (nSPS) is 11.2. The Balaban J connectivity index is 2.18. The van der Waals surface area contributed by atoms with Crippen LogP contribution in [-0.2, 0) is 7.05 Å². The molecule has 22 heavy (non-hydrogen) atoms. The monoisotopic (exact) mass is 396 g/mol. The molecule has 2 heteroatoms. The zero-order valence-electron chi connectivity index (χ0n) is 12.3. The van der Waals surface area contributed by atoms with Crippen LogP contribution >= 0.6 is 22.6 Å². The predicted octanol–water partition coefficient (Wildman–Crippen LogP) is 5.09. The molecular weight excluding hydrogens is 381 g/mol. The van der Waals surface area contributed by atoms with Crippen molar-refractivity contribution in [3.8, 4) is 11.1 Å². The van der Waals surface area contributed by atoms with Gasteiger partial charge in [0.2, 0.25) is 3.70 Å². The summed E-state index contributed by atoms with van der Waals surface area (Å²) in [6, 6.07) is 24.0. The van der Waals surface area contributed by atoms with Crippen LogP contribution in [0.1, 0.15) is 0 Å². The summed E-state index contributed by atoms with van der Waals surface area (Å²) >= 11 is 2.39. The lowest BCUT2D eigenvalue weighted by Gasteiger charge is -2.11. The molecular formula is C20H15IN+. The van der Waals surface area contributed by atoms with Crippen molar-refractivity contribution < 1.29 is 4.57 Å². The molecule has 0 aliphatic rings. The minimum atomic E-state index is 1.23. The van der Waals surface area contributed by atoms with E-state index >= 15 is 0 Å². The van der Waals surface area contributed by atoms with E-state index in [1.54, 1.807) is 0 Å². The molecule has 4 aromatic rings. The molecule has 0 saturated carbocycles. The van der Waals surface area contributed by atoms with Gasteiger partial charge in [-0.25, -0.2) is 0 Å². The number of nitrogens with zero attached hydrogens (tertiary/aromatic N) is 1. The van der Waals surface area contributed by atoms with Crippen molar-refractivity contribution in [1.29, 1.82) is 0 Å². The van der Waals surface area contributed by atoms with Crippen molar-refractivity contribution in [2.24, 2.45) is 7.05 Å². The second-order valence-electron chi connectivity index (χ2n) is 5.54. The molecule has 0 radical (unpaired) electrons. The zero-order chi connectivity index (χ0) is 15.1. The molecule has 0 atom stereocenters. The lowest BCUT2D eigenvalue weighted by molar-refractivity contribution is -0.684. The molecule has 4 rings (SSSR count). The van der Waals surface area contributed by atoms with E-state index in [0.717, 1.165) is 0 Å². The molecule has 1 aromatic heterocycles. The number of fused-ring (bicyclic) bond motifs is 2. The lowest BCUT2D eigenvalue weighted by atomic mass is 9.92. The van der Waals surface area contributed by atoms with Gasteiger partial charge in [-0.2, -0.15) is 4.57 Å². The Labute approximate surface area is 143 Å². The highest BCUT2D eigenvalue weighted by molar-refractivity contribution is 14.1. The Morgan fingerprint density at radius 3 is 1.95 bits per heavy atom. The van der Waals surface area contributed by atoms with E-state index in [2.05, 4.69) is 107 Å². The molecule has 106 valence electrons. The molecule has 0 unspecified atom stereocenters. The third-order valence-corrected chi connectivity index (χ3v) is 5.22. The first-order valence-corrected chi connectivity index (χ1v) is 8.38. The van der Waals surface area contributed by atoms with Gasteiger partial charge >= 0.3 is 0 Å². The standard InChI is InChI=1S/C20H15IN/c1-22-11-10-16(13-19(22)21)20-17-8-4-2-6-14(17)12-15-7-3-5-9-18(15)20/h2-13H,1H3/q+1. The number of hydrogen-bond acceptors (Lipinski definition) is 0. The first kappa shape index (κ1) is 13.7. The number of rotatable bonds is 1. The first-order chi connectivity index (χ1) is 10.7. The minimum Gasteiger partial charge on any atom is -0.196 e. The van der Waals surface area contributed by atoms with Crippen molar-refractivity contribution in [2.75, 3.05) is 0 Å². The molecule has 0 aliphatic carbocycles. The van der Waals surface area contributed by atoms with E-state index in [-0.39, 0.29) is 0 Å². The highest BCUT2D eigenvalue weighted by atomic mass is 127. The Morgan fingerprint density at radius 2 is 1.36 bits per heavy atom. The summed E-state index contributed by atoms with van der Waals surface area (Å²) in [5.41, 5.74) is 2.60. The maximum Gasteiger partial charge on any atom is 0.241 e. The summed E-state index contributed by atoms with van der Waals surface area (Å²) < 4.78 is 3.37. The second-order valence-corrected chi connectivity index (χ2v) is 6.65. The maximum atomic E-state index is 2.39. The van der Waals surface area contributed by atoms with Gasteiger partial charge < -0.3 is 0 Å². The molecule has 1 heterocycles. The number of benzene rings is 3. The van der Waals surface area contributed by atoms with E-state index in [0.29, 0.717) is 0 Å². The number of aromatic nitrogens is 1. The largest absolute Gasteiger partial charge is 0.241 e. The van der Waals surface area contributed by atoms with Crippen molar-refractivity contribution >= 4 is 44.1 Å². The summed E-state index contributed by atoms with van der Waals surface area (Å²) in [6.07, 6.45) is 2.13. The topological polar surface area (TPSA) is 3.88 Å². The molecule has 1 nitrogen and oxygen atoms in total. The summed E-state index contributed by atoms with van der Waals surface area (Å²) in [4.78, 5) is 0. The summed E-state index contributed by atoms with van der Waals surface area (Å²) in [7, 11) is 2.08.